The number of hydrogen-bond donors (Lipinski definition) is 4. The minimum Gasteiger partial charge on any atom is -0.491 e. The van der Waals surface area contributed by atoms with Crippen LogP contribution < -0.4 is 15.4 Å². The van der Waals surface area contributed by atoms with Crippen LogP contribution in [0.2, 0.25) is 0 Å². The van der Waals surface area contributed by atoms with Crippen LogP contribution in [0.15, 0.2) is 36.4 Å². The van der Waals surface area contributed by atoms with E-state index in [1.807, 2.05) is 0 Å². The summed E-state index contributed by atoms with van der Waals surface area (Å²) in [6.45, 7) is 3.46. The summed E-state index contributed by atoms with van der Waals surface area (Å²) in [5.41, 5.74) is 2.15. The Labute approximate surface area is 154 Å². The minimum absolute atomic E-state index is 0.0159. The molecule has 0 saturated carbocycles. The summed E-state index contributed by atoms with van der Waals surface area (Å²) >= 11 is 0. The highest BCUT2D eigenvalue weighted by molar-refractivity contribution is 6.03. The largest absolute Gasteiger partial charge is 0.491 e. The van der Waals surface area contributed by atoms with Gasteiger partial charge in [-0.05, 0) is 37.3 Å². The van der Waals surface area contributed by atoms with E-state index in [4.69, 9.17) is 4.74 Å². The smallest absolute Gasteiger partial charge is 0.352 e. The van der Waals surface area contributed by atoms with Crippen LogP contribution in [0.3, 0.4) is 0 Å². The summed E-state index contributed by atoms with van der Waals surface area (Å²) in [5.74, 6) is -1.73. The zero-order chi connectivity index (χ0) is 19.6. The normalized spacial score (nSPS) is 10.6. The first-order valence-electron chi connectivity index (χ1n) is 8.24. The fourth-order valence-electron chi connectivity index (χ4n) is 2.73. The number of hydrogen-bond acceptors (Lipinski definition) is 4. The highest BCUT2D eigenvalue weighted by atomic mass is 19.1. The summed E-state index contributed by atoms with van der Waals surface area (Å²) in [5, 5.41) is 15.6. The van der Waals surface area contributed by atoms with E-state index in [9.17, 15) is 19.1 Å². The molecule has 3 rings (SSSR count). The Morgan fingerprint density at radius 3 is 2.63 bits per heavy atom. The summed E-state index contributed by atoms with van der Waals surface area (Å²) in [7, 11) is 0. The van der Waals surface area contributed by atoms with Crippen LogP contribution >= 0.6 is 0 Å². The second-order valence-electron chi connectivity index (χ2n) is 5.86. The molecular formula is C19H18FN3O4. The first-order chi connectivity index (χ1) is 12.9. The molecule has 0 radical (unpaired) electrons. The van der Waals surface area contributed by atoms with Crippen molar-refractivity contribution in [3.05, 3.63) is 47.9 Å². The number of nitrogens with one attached hydrogen (secondary N) is 3. The Morgan fingerprint density at radius 2 is 1.96 bits per heavy atom. The quantitative estimate of drug-likeness (QED) is 0.522. The molecular weight excluding hydrogens is 353 g/mol. The zero-order valence-electron chi connectivity index (χ0n) is 14.7. The number of anilines is 3. The topological polar surface area (TPSA) is 103 Å². The minimum atomic E-state index is -1.10. The molecule has 140 valence electrons. The lowest BCUT2D eigenvalue weighted by atomic mass is 10.1. The van der Waals surface area contributed by atoms with Gasteiger partial charge >= 0.3 is 5.97 Å². The van der Waals surface area contributed by atoms with Gasteiger partial charge in [0, 0.05) is 29.8 Å². The fourth-order valence-corrected chi connectivity index (χ4v) is 2.73. The molecule has 0 bridgehead atoms. The van der Waals surface area contributed by atoms with Gasteiger partial charge in [-0.15, -0.1) is 0 Å². The van der Waals surface area contributed by atoms with Crippen LogP contribution in [-0.2, 0) is 4.79 Å². The number of carbonyl (C=O) groups is 2. The van der Waals surface area contributed by atoms with Crippen LogP contribution in [0.25, 0.3) is 10.9 Å². The van der Waals surface area contributed by atoms with Crippen molar-refractivity contribution in [3.8, 4) is 5.75 Å². The van der Waals surface area contributed by atoms with Gasteiger partial charge < -0.3 is 25.5 Å². The number of carboxylic acid groups (broad SMARTS) is 1. The number of aromatic amines is 1. The highest BCUT2D eigenvalue weighted by Crippen LogP contribution is 2.32. The Balaban J connectivity index is 2.07. The third-order valence-electron chi connectivity index (χ3n) is 3.80. The van der Waals surface area contributed by atoms with Crippen molar-refractivity contribution in [2.24, 2.45) is 0 Å². The average Bonchev–Trinajstić information content (AvgIpc) is 3.02. The maximum atomic E-state index is 13.8. The Kier molecular flexibility index (Phi) is 4.98. The van der Waals surface area contributed by atoms with Crippen molar-refractivity contribution in [2.45, 2.75) is 13.8 Å². The number of fused-ring (bicyclic) bond motifs is 1. The lowest BCUT2D eigenvalue weighted by molar-refractivity contribution is -0.114. The molecule has 4 N–H and O–H groups in total. The van der Waals surface area contributed by atoms with Gasteiger partial charge in [0.25, 0.3) is 0 Å². The molecule has 0 aliphatic heterocycles. The maximum Gasteiger partial charge on any atom is 0.352 e. The van der Waals surface area contributed by atoms with Gasteiger partial charge in [-0.1, -0.05) is 0 Å². The molecule has 1 aromatic heterocycles. The van der Waals surface area contributed by atoms with E-state index in [0.29, 0.717) is 34.6 Å². The standard InChI is InChI=1S/C19H18FN3O4/c1-3-27-18-8-11(4-5-14(18)20)22-15-6-12(21-10(2)24)7-16-13(15)9-17(23-16)19(25)26/h4-9,22-23H,3H2,1-2H3,(H,21,24)(H,25,26). The second-order valence-corrected chi connectivity index (χ2v) is 5.86. The van der Waals surface area contributed by atoms with Crippen molar-refractivity contribution >= 4 is 39.8 Å². The van der Waals surface area contributed by atoms with Crippen molar-refractivity contribution in [3.63, 3.8) is 0 Å². The summed E-state index contributed by atoms with van der Waals surface area (Å²) in [6, 6.07) is 9.14. The first-order valence-corrected chi connectivity index (χ1v) is 8.24. The van der Waals surface area contributed by atoms with E-state index in [0.717, 1.165) is 0 Å². The van der Waals surface area contributed by atoms with Gasteiger partial charge in [-0.2, -0.15) is 0 Å². The number of halogens is 1. The SMILES string of the molecule is CCOc1cc(Nc2cc(NC(C)=O)cc3[nH]c(C(=O)O)cc23)ccc1F. The van der Waals surface area contributed by atoms with E-state index in [2.05, 4.69) is 15.6 Å². The third-order valence-corrected chi connectivity index (χ3v) is 3.80. The van der Waals surface area contributed by atoms with Gasteiger partial charge in [0.2, 0.25) is 5.91 Å². The van der Waals surface area contributed by atoms with E-state index in [-0.39, 0.29) is 17.4 Å². The molecule has 0 unspecified atom stereocenters. The summed E-state index contributed by atoms with van der Waals surface area (Å²) < 4.78 is 19.0. The Hall–Kier alpha value is -3.55. The molecule has 3 aromatic rings. The number of aromatic nitrogens is 1. The number of rotatable bonds is 6. The number of carbonyl (C=O) groups excluding carboxylic acids is 1. The number of H-pyrrole nitrogens is 1. The third kappa shape index (κ3) is 4.00. The molecule has 0 aliphatic rings. The first kappa shape index (κ1) is 18.2. The average molecular weight is 371 g/mol. The molecule has 1 amide bonds. The van der Waals surface area contributed by atoms with Gasteiger partial charge in [0.05, 0.1) is 17.8 Å². The lowest BCUT2D eigenvalue weighted by Gasteiger charge is -2.12. The van der Waals surface area contributed by atoms with E-state index < -0.39 is 11.8 Å². The maximum absolute atomic E-state index is 13.8. The van der Waals surface area contributed by atoms with Crippen LogP contribution in [0.4, 0.5) is 21.5 Å². The summed E-state index contributed by atoms with van der Waals surface area (Å²) in [6.07, 6.45) is 0. The number of ether oxygens (including phenoxy) is 1. The van der Waals surface area contributed by atoms with Gasteiger partial charge in [-0.3, -0.25) is 4.79 Å². The molecule has 0 saturated heterocycles. The molecule has 0 aliphatic carbocycles. The number of carboxylic acids is 1. The molecule has 2 aromatic carbocycles. The summed E-state index contributed by atoms with van der Waals surface area (Å²) in [4.78, 5) is 25.5. The Morgan fingerprint density at radius 1 is 1.19 bits per heavy atom. The number of aromatic carboxylic acids is 1. The van der Waals surface area contributed by atoms with Crippen LogP contribution in [0.5, 0.6) is 5.75 Å². The van der Waals surface area contributed by atoms with Gasteiger partial charge in [0.1, 0.15) is 5.69 Å². The molecule has 0 spiro atoms. The molecule has 8 heteroatoms. The molecule has 7 nitrogen and oxygen atoms in total. The number of amides is 1. The zero-order valence-corrected chi connectivity index (χ0v) is 14.7. The van der Waals surface area contributed by atoms with Crippen molar-refractivity contribution in [1.82, 2.24) is 4.98 Å². The number of benzene rings is 2. The molecule has 1 heterocycles. The lowest BCUT2D eigenvalue weighted by Crippen LogP contribution is -2.06. The van der Waals surface area contributed by atoms with Gasteiger partial charge in [0.15, 0.2) is 11.6 Å². The Bertz CT molecular complexity index is 1030. The monoisotopic (exact) mass is 371 g/mol. The predicted octanol–water partition coefficient (Wildman–Crippen LogP) is 4.11. The second kappa shape index (κ2) is 7.36. The van der Waals surface area contributed by atoms with Crippen molar-refractivity contribution in [2.75, 3.05) is 17.2 Å². The molecule has 27 heavy (non-hydrogen) atoms. The van der Waals surface area contributed by atoms with Gasteiger partial charge in [-0.25, -0.2) is 9.18 Å². The van der Waals surface area contributed by atoms with Crippen LogP contribution in [0.1, 0.15) is 24.3 Å². The van der Waals surface area contributed by atoms with Crippen molar-refractivity contribution < 1.29 is 23.8 Å². The van der Waals surface area contributed by atoms with Crippen molar-refractivity contribution in [1.29, 1.82) is 0 Å². The van der Waals surface area contributed by atoms with E-state index >= 15 is 0 Å². The van der Waals surface area contributed by atoms with Crippen LogP contribution in [-0.4, -0.2) is 28.6 Å². The molecule has 0 fully saturated rings. The molecule has 0 atom stereocenters. The van der Waals surface area contributed by atoms with E-state index in [1.165, 1.54) is 25.1 Å². The highest BCUT2D eigenvalue weighted by Gasteiger charge is 2.13. The van der Waals surface area contributed by atoms with E-state index in [1.54, 1.807) is 25.1 Å². The predicted molar refractivity (Wildman–Crippen MR) is 100 cm³/mol. The fraction of sp³-hybridized carbons (Fsp3) is 0.158. The van der Waals surface area contributed by atoms with Crippen LogP contribution in [0, 0.1) is 5.82 Å².